The summed E-state index contributed by atoms with van der Waals surface area (Å²) in [4.78, 5) is 6.78. The van der Waals surface area contributed by atoms with Crippen LogP contribution in [-0.2, 0) is 0 Å². The smallest absolute Gasteiger partial charge is 0.0531 e. The molecule has 1 N–H and O–H groups in total. The summed E-state index contributed by atoms with van der Waals surface area (Å²) in [7, 11) is 0. The lowest BCUT2D eigenvalue weighted by Crippen LogP contribution is -2.39. The summed E-state index contributed by atoms with van der Waals surface area (Å²) in [6.07, 6.45) is 7.57. The summed E-state index contributed by atoms with van der Waals surface area (Å²) >= 11 is 0. The minimum absolute atomic E-state index is 0.617. The number of piperidine rings is 1. The molecule has 0 aliphatic carbocycles. The SMILES string of the molecule is CCCN1CCC(Nc2cncc(C)c2)CC1. The molecule has 1 aromatic rings. The molecule has 0 saturated carbocycles. The molecule has 0 aromatic carbocycles. The van der Waals surface area contributed by atoms with Crippen molar-refractivity contribution in [3.05, 3.63) is 24.0 Å². The first kappa shape index (κ1) is 12.4. The van der Waals surface area contributed by atoms with Crippen LogP contribution in [0.4, 0.5) is 5.69 Å². The molecule has 2 rings (SSSR count). The second-order valence-electron chi connectivity index (χ2n) is 5.01. The van der Waals surface area contributed by atoms with Gasteiger partial charge in [-0.15, -0.1) is 0 Å². The van der Waals surface area contributed by atoms with Gasteiger partial charge in [-0.25, -0.2) is 0 Å². The summed E-state index contributed by atoms with van der Waals surface area (Å²) in [5.41, 5.74) is 2.39. The van der Waals surface area contributed by atoms with E-state index in [9.17, 15) is 0 Å². The highest BCUT2D eigenvalue weighted by molar-refractivity contribution is 5.43. The molecule has 3 heteroatoms. The number of rotatable bonds is 4. The lowest BCUT2D eigenvalue weighted by atomic mass is 10.0. The normalized spacial score (nSPS) is 18.2. The highest BCUT2D eigenvalue weighted by atomic mass is 15.1. The summed E-state index contributed by atoms with van der Waals surface area (Å²) < 4.78 is 0. The average Bonchev–Trinajstić information content (AvgIpc) is 2.32. The zero-order valence-electron chi connectivity index (χ0n) is 10.9. The maximum atomic E-state index is 4.22. The number of likely N-dealkylation sites (tertiary alicyclic amines) is 1. The highest BCUT2D eigenvalue weighted by Gasteiger charge is 2.18. The molecule has 0 atom stereocenters. The number of nitrogens with one attached hydrogen (secondary N) is 1. The maximum absolute atomic E-state index is 4.22. The maximum Gasteiger partial charge on any atom is 0.0531 e. The second-order valence-corrected chi connectivity index (χ2v) is 5.01. The van der Waals surface area contributed by atoms with Gasteiger partial charge in [0, 0.05) is 31.5 Å². The van der Waals surface area contributed by atoms with Crippen LogP contribution in [0.3, 0.4) is 0 Å². The minimum atomic E-state index is 0.617. The predicted molar refractivity (Wildman–Crippen MR) is 72.3 cm³/mol. The van der Waals surface area contributed by atoms with Gasteiger partial charge in [0.25, 0.3) is 0 Å². The molecule has 1 aliphatic heterocycles. The molecule has 0 spiro atoms. The number of hydrogen-bond acceptors (Lipinski definition) is 3. The second kappa shape index (κ2) is 6.01. The van der Waals surface area contributed by atoms with Crippen LogP contribution < -0.4 is 5.32 Å². The topological polar surface area (TPSA) is 28.2 Å². The zero-order valence-corrected chi connectivity index (χ0v) is 10.9. The predicted octanol–water partition coefficient (Wildman–Crippen LogP) is 2.68. The van der Waals surface area contributed by atoms with Crippen molar-refractivity contribution in [2.24, 2.45) is 0 Å². The van der Waals surface area contributed by atoms with E-state index in [-0.39, 0.29) is 0 Å². The Balaban J connectivity index is 1.82. The minimum Gasteiger partial charge on any atom is -0.381 e. The van der Waals surface area contributed by atoms with E-state index in [2.05, 4.69) is 35.1 Å². The molecule has 0 amide bonds. The zero-order chi connectivity index (χ0) is 12.1. The average molecular weight is 233 g/mol. The largest absolute Gasteiger partial charge is 0.381 e. The van der Waals surface area contributed by atoms with Crippen LogP contribution in [0.2, 0.25) is 0 Å². The van der Waals surface area contributed by atoms with Crippen molar-refractivity contribution in [2.45, 2.75) is 39.2 Å². The molecule has 0 radical (unpaired) electrons. The number of pyridine rings is 1. The molecule has 2 heterocycles. The van der Waals surface area contributed by atoms with Gasteiger partial charge in [0.05, 0.1) is 5.69 Å². The van der Waals surface area contributed by atoms with Crippen molar-refractivity contribution in [3.63, 3.8) is 0 Å². The fourth-order valence-corrected chi connectivity index (χ4v) is 2.49. The molecule has 1 saturated heterocycles. The lowest BCUT2D eigenvalue weighted by molar-refractivity contribution is 0.219. The summed E-state index contributed by atoms with van der Waals surface area (Å²) in [6, 6.07) is 2.79. The fraction of sp³-hybridized carbons (Fsp3) is 0.643. The lowest BCUT2D eigenvalue weighted by Gasteiger charge is -2.32. The van der Waals surface area contributed by atoms with Crippen LogP contribution in [-0.4, -0.2) is 35.6 Å². The van der Waals surface area contributed by atoms with E-state index in [1.54, 1.807) is 0 Å². The van der Waals surface area contributed by atoms with Crippen molar-refractivity contribution in [2.75, 3.05) is 25.0 Å². The first-order valence-electron chi connectivity index (χ1n) is 6.68. The van der Waals surface area contributed by atoms with E-state index < -0.39 is 0 Å². The van der Waals surface area contributed by atoms with Crippen LogP contribution in [0.15, 0.2) is 18.5 Å². The van der Waals surface area contributed by atoms with Gasteiger partial charge in [-0.1, -0.05) is 6.92 Å². The van der Waals surface area contributed by atoms with E-state index in [0.717, 1.165) is 0 Å². The van der Waals surface area contributed by atoms with Gasteiger partial charge < -0.3 is 10.2 Å². The Labute approximate surface area is 104 Å². The molecule has 94 valence electrons. The van der Waals surface area contributed by atoms with E-state index in [1.807, 2.05) is 12.4 Å². The standard InChI is InChI=1S/C14H23N3/c1-3-6-17-7-4-13(5-8-17)16-14-9-12(2)10-15-11-14/h9-11,13,16H,3-8H2,1-2H3. The Morgan fingerprint density at radius 3 is 2.76 bits per heavy atom. The highest BCUT2D eigenvalue weighted by Crippen LogP contribution is 2.16. The third-order valence-corrected chi connectivity index (χ3v) is 3.37. The van der Waals surface area contributed by atoms with Crippen molar-refractivity contribution < 1.29 is 0 Å². The number of aromatic nitrogens is 1. The van der Waals surface area contributed by atoms with Gasteiger partial charge in [0.1, 0.15) is 0 Å². The molecule has 1 aromatic heterocycles. The Bertz CT molecular complexity index is 343. The first-order valence-corrected chi connectivity index (χ1v) is 6.68. The number of nitrogens with zero attached hydrogens (tertiary/aromatic N) is 2. The Morgan fingerprint density at radius 2 is 2.12 bits per heavy atom. The summed E-state index contributed by atoms with van der Waals surface area (Å²) in [6.45, 7) is 8.04. The fourth-order valence-electron chi connectivity index (χ4n) is 2.49. The molecule has 17 heavy (non-hydrogen) atoms. The van der Waals surface area contributed by atoms with Crippen molar-refractivity contribution in [3.8, 4) is 0 Å². The third kappa shape index (κ3) is 3.70. The van der Waals surface area contributed by atoms with Crippen molar-refractivity contribution in [1.29, 1.82) is 0 Å². The van der Waals surface area contributed by atoms with Gasteiger partial charge in [-0.3, -0.25) is 4.98 Å². The van der Waals surface area contributed by atoms with Crippen LogP contribution in [0.25, 0.3) is 0 Å². The van der Waals surface area contributed by atoms with Gasteiger partial charge in [0.15, 0.2) is 0 Å². The van der Waals surface area contributed by atoms with Gasteiger partial charge in [-0.05, 0) is 44.4 Å². The molecular formula is C14H23N3. The van der Waals surface area contributed by atoms with Crippen LogP contribution in [0.1, 0.15) is 31.7 Å². The molecular weight excluding hydrogens is 210 g/mol. The summed E-state index contributed by atoms with van der Waals surface area (Å²) in [5, 5.41) is 3.60. The van der Waals surface area contributed by atoms with Crippen LogP contribution >= 0.6 is 0 Å². The molecule has 1 aliphatic rings. The number of anilines is 1. The number of aryl methyl sites for hydroxylation is 1. The first-order chi connectivity index (χ1) is 8.28. The Morgan fingerprint density at radius 1 is 1.35 bits per heavy atom. The quantitative estimate of drug-likeness (QED) is 0.866. The van der Waals surface area contributed by atoms with Crippen molar-refractivity contribution in [1.82, 2.24) is 9.88 Å². The van der Waals surface area contributed by atoms with Crippen LogP contribution in [0.5, 0.6) is 0 Å². The molecule has 0 bridgehead atoms. The van der Waals surface area contributed by atoms with Crippen LogP contribution in [0, 0.1) is 6.92 Å². The molecule has 0 unspecified atom stereocenters. The van der Waals surface area contributed by atoms with Crippen molar-refractivity contribution >= 4 is 5.69 Å². The Kier molecular flexibility index (Phi) is 4.37. The number of hydrogen-bond donors (Lipinski definition) is 1. The summed E-state index contributed by atoms with van der Waals surface area (Å²) in [5.74, 6) is 0. The Hall–Kier alpha value is -1.09. The van der Waals surface area contributed by atoms with E-state index in [0.29, 0.717) is 6.04 Å². The van der Waals surface area contributed by atoms with Gasteiger partial charge in [0.2, 0.25) is 0 Å². The van der Waals surface area contributed by atoms with E-state index in [4.69, 9.17) is 0 Å². The van der Waals surface area contributed by atoms with Gasteiger partial charge in [-0.2, -0.15) is 0 Å². The van der Waals surface area contributed by atoms with E-state index >= 15 is 0 Å². The molecule has 3 nitrogen and oxygen atoms in total. The monoisotopic (exact) mass is 233 g/mol. The third-order valence-electron chi connectivity index (χ3n) is 3.37. The van der Waals surface area contributed by atoms with E-state index in [1.165, 1.54) is 50.1 Å². The van der Waals surface area contributed by atoms with Gasteiger partial charge >= 0.3 is 0 Å². The molecule has 1 fully saturated rings.